The van der Waals surface area contributed by atoms with Crippen LogP contribution in [0.1, 0.15) is 47.0 Å². The molecule has 0 bridgehead atoms. The molecule has 0 fully saturated rings. The predicted molar refractivity (Wildman–Crippen MR) is 49.5 cm³/mol. The fraction of sp³-hybridized carbons (Fsp3) is 1.00. The Kier molecular flexibility index (Phi) is 5.57. The first-order valence-electron chi connectivity index (χ1n) is 4.81. The monoisotopic (exact) mass is 158 g/mol. The zero-order valence-electron chi connectivity index (χ0n) is 8.30. The quantitative estimate of drug-likeness (QED) is 0.652. The smallest absolute Gasteiger partial charge is 0.0570 e. The first-order chi connectivity index (χ1) is 5.13. The van der Waals surface area contributed by atoms with E-state index in [2.05, 4.69) is 27.7 Å². The van der Waals surface area contributed by atoms with E-state index in [-0.39, 0.29) is 6.10 Å². The van der Waals surface area contributed by atoms with E-state index in [1.54, 1.807) is 0 Å². The molecule has 0 aromatic carbocycles. The van der Waals surface area contributed by atoms with Crippen LogP contribution >= 0.6 is 0 Å². The summed E-state index contributed by atoms with van der Waals surface area (Å²) in [5.41, 5.74) is 0. The minimum Gasteiger partial charge on any atom is -0.393 e. The van der Waals surface area contributed by atoms with Crippen LogP contribution in [0.3, 0.4) is 0 Å². The highest BCUT2D eigenvalue weighted by molar-refractivity contribution is 4.69. The van der Waals surface area contributed by atoms with Gasteiger partial charge in [0.1, 0.15) is 0 Å². The second kappa shape index (κ2) is 5.59. The molecule has 1 N–H and O–H groups in total. The average molecular weight is 158 g/mol. The van der Waals surface area contributed by atoms with Crippen molar-refractivity contribution < 1.29 is 5.11 Å². The lowest BCUT2D eigenvalue weighted by Gasteiger charge is -2.24. The summed E-state index contributed by atoms with van der Waals surface area (Å²) in [6.45, 7) is 8.65. The van der Waals surface area contributed by atoms with Gasteiger partial charge in [0.15, 0.2) is 0 Å². The van der Waals surface area contributed by atoms with Crippen LogP contribution in [0.2, 0.25) is 0 Å². The Balaban J connectivity index is 3.81. The molecule has 1 nitrogen and oxygen atoms in total. The molecule has 0 aliphatic rings. The van der Waals surface area contributed by atoms with E-state index in [1.807, 2.05) is 0 Å². The maximum Gasteiger partial charge on any atom is 0.0570 e. The number of hydrogen-bond donors (Lipinski definition) is 1. The van der Waals surface area contributed by atoms with Gasteiger partial charge in [-0.2, -0.15) is 0 Å². The molecule has 0 aromatic heterocycles. The van der Waals surface area contributed by atoms with Crippen molar-refractivity contribution in [3.05, 3.63) is 0 Å². The molecule has 0 saturated heterocycles. The zero-order valence-corrected chi connectivity index (χ0v) is 8.30. The molecule has 68 valence electrons. The molecule has 1 heteroatoms. The molecule has 0 rings (SSSR count). The van der Waals surface area contributed by atoms with Crippen molar-refractivity contribution in [3.8, 4) is 0 Å². The van der Waals surface area contributed by atoms with Gasteiger partial charge in [-0.1, -0.05) is 40.5 Å². The third kappa shape index (κ3) is 3.76. The van der Waals surface area contributed by atoms with Gasteiger partial charge < -0.3 is 5.11 Å². The third-order valence-corrected chi connectivity index (χ3v) is 2.41. The number of aliphatic hydroxyl groups excluding tert-OH is 1. The summed E-state index contributed by atoms with van der Waals surface area (Å²) in [4.78, 5) is 0. The van der Waals surface area contributed by atoms with E-state index in [9.17, 15) is 5.11 Å². The fourth-order valence-electron chi connectivity index (χ4n) is 1.70. The molecule has 2 atom stereocenters. The van der Waals surface area contributed by atoms with Crippen molar-refractivity contribution in [1.82, 2.24) is 0 Å². The summed E-state index contributed by atoms with van der Waals surface area (Å²) in [6, 6.07) is 0. The minimum atomic E-state index is -0.0787. The van der Waals surface area contributed by atoms with Crippen molar-refractivity contribution >= 4 is 0 Å². The standard InChI is InChI=1S/C10H22O/c1-5-7-10(11)9(6-2)8(3)4/h8-11H,5-7H2,1-4H3. The average Bonchev–Trinajstić information content (AvgIpc) is 1.88. The molecule has 0 aliphatic heterocycles. The van der Waals surface area contributed by atoms with Crippen molar-refractivity contribution in [1.29, 1.82) is 0 Å². The van der Waals surface area contributed by atoms with Crippen molar-refractivity contribution in [2.45, 2.75) is 53.1 Å². The molecular weight excluding hydrogens is 136 g/mol. The molecule has 0 aliphatic carbocycles. The Morgan fingerprint density at radius 2 is 1.73 bits per heavy atom. The van der Waals surface area contributed by atoms with E-state index < -0.39 is 0 Å². The number of aliphatic hydroxyl groups is 1. The van der Waals surface area contributed by atoms with E-state index in [0.29, 0.717) is 11.8 Å². The highest BCUT2D eigenvalue weighted by Gasteiger charge is 2.19. The molecule has 0 aromatic rings. The Hall–Kier alpha value is -0.0400. The van der Waals surface area contributed by atoms with Crippen molar-refractivity contribution in [2.75, 3.05) is 0 Å². The lowest BCUT2D eigenvalue weighted by atomic mass is 9.86. The van der Waals surface area contributed by atoms with Gasteiger partial charge in [-0.3, -0.25) is 0 Å². The van der Waals surface area contributed by atoms with Gasteiger partial charge >= 0.3 is 0 Å². The first-order valence-corrected chi connectivity index (χ1v) is 4.81. The maximum absolute atomic E-state index is 9.68. The Labute approximate surface area is 70.8 Å². The van der Waals surface area contributed by atoms with E-state index in [4.69, 9.17) is 0 Å². The minimum absolute atomic E-state index is 0.0787. The van der Waals surface area contributed by atoms with Gasteiger partial charge in [0.05, 0.1) is 6.10 Å². The van der Waals surface area contributed by atoms with Gasteiger partial charge in [-0.05, 0) is 18.3 Å². The van der Waals surface area contributed by atoms with Crippen LogP contribution in [-0.2, 0) is 0 Å². The lowest BCUT2D eigenvalue weighted by molar-refractivity contribution is 0.0708. The van der Waals surface area contributed by atoms with Gasteiger partial charge in [-0.25, -0.2) is 0 Å². The molecule has 0 saturated carbocycles. The van der Waals surface area contributed by atoms with Gasteiger partial charge in [0.2, 0.25) is 0 Å². The number of hydrogen-bond acceptors (Lipinski definition) is 1. The first kappa shape index (κ1) is 11.0. The molecule has 0 heterocycles. The molecule has 0 amide bonds. The second-order valence-electron chi connectivity index (χ2n) is 3.67. The van der Waals surface area contributed by atoms with Crippen LogP contribution < -0.4 is 0 Å². The molecule has 0 spiro atoms. The SMILES string of the molecule is CCCC(O)C(CC)C(C)C. The van der Waals surface area contributed by atoms with Crippen LogP contribution in [0.4, 0.5) is 0 Å². The van der Waals surface area contributed by atoms with Crippen LogP contribution in [0, 0.1) is 11.8 Å². The maximum atomic E-state index is 9.68. The van der Waals surface area contributed by atoms with E-state index >= 15 is 0 Å². The second-order valence-corrected chi connectivity index (χ2v) is 3.67. The van der Waals surface area contributed by atoms with Crippen molar-refractivity contribution in [2.24, 2.45) is 11.8 Å². The van der Waals surface area contributed by atoms with E-state index in [0.717, 1.165) is 19.3 Å². The van der Waals surface area contributed by atoms with Gasteiger partial charge in [-0.15, -0.1) is 0 Å². The van der Waals surface area contributed by atoms with Crippen LogP contribution in [-0.4, -0.2) is 11.2 Å². The normalized spacial score (nSPS) is 16.9. The van der Waals surface area contributed by atoms with Gasteiger partial charge in [0.25, 0.3) is 0 Å². The van der Waals surface area contributed by atoms with Crippen LogP contribution in [0.15, 0.2) is 0 Å². The Morgan fingerprint density at radius 1 is 1.18 bits per heavy atom. The predicted octanol–water partition coefficient (Wildman–Crippen LogP) is 2.83. The largest absolute Gasteiger partial charge is 0.393 e. The van der Waals surface area contributed by atoms with Crippen LogP contribution in [0.5, 0.6) is 0 Å². The number of rotatable bonds is 5. The molecular formula is C10H22O. The topological polar surface area (TPSA) is 20.2 Å². The van der Waals surface area contributed by atoms with Crippen molar-refractivity contribution in [3.63, 3.8) is 0 Å². The third-order valence-electron chi connectivity index (χ3n) is 2.41. The molecule has 0 radical (unpaired) electrons. The summed E-state index contributed by atoms with van der Waals surface area (Å²) in [5, 5.41) is 9.68. The fourth-order valence-corrected chi connectivity index (χ4v) is 1.70. The Bertz CT molecular complexity index is 88.9. The Morgan fingerprint density at radius 3 is 2.00 bits per heavy atom. The van der Waals surface area contributed by atoms with E-state index in [1.165, 1.54) is 0 Å². The zero-order chi connectivity index (χ0) is 8.85. The highest BCUT2D eigenvalue weighted by Crippen LogP contribution is 2.21. The molecule has 11 heavy (non-hydrogen) atoms. The molecule has 2 unspecified atom stereocenters. The highest BCUT2D eigenvalue weighted by atomic mass is 16.3. The summed E-state index contributed by atoms with van der Waals surface area (Å²) in [7, 11) is 0. The summed E-state index contributed by atoms with van der Waals surface area (Å²) >= 11 is 0. The lowest BCUT2D eigenvalue weighted by Crippen LogP contribution is -2.24. The summed E-state index contributed by atoms with van der Waals surface area (Å²) in [6.07, 6.45) is 3.06. The van der Waals surface area contributed by atoms with Gasteiger partial charge in [0, 0.05) is 0 Å². The summed E-state index contributed by atoms with van der Waals surface area (Å²) < 4.78 is 0. The summed E-state index contributed by atoms with van der Waals surface area (Å²) in [5.74, 6) is 1.11. The van der Waals surface area contributed by atoms with Crippen LogP contribution in [0.25, 0.3) is 0 Å².